The summed E-state index contributed by atoms with van der Waals surface area (Å²) in [5.74, 6) is -5.76. The summed E-state index contributed by atoms with van der Waals surface area (Å²) in [6, 6.07) is 6.06. The number of benzene rings is 3. The topological polar surface area (TPSA) is 344 Å². The van der Waals surface area contributed by atoms with Gasteiger partial charge in [-0.2, -0.15) is 0 Å². The molecular weight excluding hydrogens is 772 g/mol. The highest BCUT2D eigenvalue weighted by atomic mass is 16.7. The number of aromatic nitrogens is 4. The number of methoxy groups -OCH3 is 2. The lowest BCUT2D eigenvalue weighted by Gasteiger charge is -2.13. The van der Waals surface area contributed by atoms with E-state index in [-0.39, 0.29) is 56.1 Å². The Kier molecular flexibility index (Phi) is 12.2. The molecule has 5 aromatic rings. The molecule has 0 aliphatic carbocycles. The van der Waals surface area contributed by atoms with Crippen molar-refractivity contribution in [2.75, 3.05) is 24.9 Å². The average Bonchev–Trinajstić information content (AvgIpc) is 3.18. The number of hydrogen-bond acceptors (Lipinski definition) is 18. The van der Waals surface area contributed by atoms with Gasteiger partial charge in [0.1, 0.15) is 11.5 Å². The predicted molar refractivity (Wildman–Crippen MR) is 197 cm³/mol. The standard InChI is InChI=1S/C34H28N10O14/c1-13(45)25(27(47)39-21-9-17-19(11-23(21)55-3)37-31(51)29(49)35-17)41-43-57-33(53)15-5-7-16(8-6-15)34(54)58-44-42-26(14(2)46)28(48)40-22-10-18-20(12-24(22)56-4)38-32(52)30(50)36-18/h5-12,25-26H,1-4H3,(H,35,49)(H,36,50)(H,37,51)(H,38,52)(H,39,47)(H,40,48). The van der Waals surface area contributed by atoms with E-state index in [0.29, 0.717) is 0 Å². The maximum absolute atomic E-state index is 12.9. The number of amides is 2. The number of carbonyl (C=O) groups is 6. The molecule has 58 heavy (non-hydrogen) atoms. The predicted octanol–water partition coefficient (Wildman–Crippen LogP) is 1.00. The molecule has 298 valence electrons. The lowest BCUT2D eigenvalue weighted by molar-refractivity contribution is -0.128. The van der Waals surface area contributed by atoms with E-state index in [4.69, 9.17) is 19.1 Å². The summed E-state index contributed by atoms with van der Waals surface area (Å²) in [5, 5.41) is 18.2. The van der Waals surface area contributed by atoms with Crippen molar-refractivity contribution in [1.82, 2.24) is 19.9 Å². The summed E-state index contributed by atoms with van der Waals surface area (Å²) in [7, 11) is 2.54. The van der Waals surface area contributed by atoms with Crippen LogP contribution in [0.4, 0.5) is 11.4 Å². The number of rotatable bonds is 14. The zero-order valence-corrected chi connectivity index (χ0v) is 30.3. The molecule has 24 nitrogen and oxygen atoms in total. The second-order valence-electron chi connectivity index (χ2n) is 11.7. The number of anilines is 2. The number of ketones is 2. The van der Waals surface area contributed by atoms with Crippen molar-refractivity contribution in [2.45, 2.75) is 25.9 Å². The van der Waals surface area contributed by atoms with Crippen molar-refractivity contribution in [3.63, 3.8) is 0 Å². The van der Waals surface area contributed by atoms with E-state index in [1.807, 2.05) is 0 Å². The van der Waals surface area contributed by atoms with E-state index >= 15 is 0 Å². The van der Waals surface area contributed by atoms with E-state index in [1.165, 1.54) is 38.5 Å². The van der Waals surface area contributed by atoms with Gasteiger partial charge in [0.2, 0.25) is 12.1 Å². The lowest BCUT2D eigenvalue weighted by Crippen LogP contribution is -2.32. The van der Waals surface area contributed by atoms with Crippen LogP contribution in [0, 0.1) is 0 Å². The Hall–Kier alpha value is -8.44. The van der Waals surface area contributed by atoms with E-state index in [1.54, 1.807) is 0 Å². The highest BCUT2D eigenvalue weighted by molar-refractivity contribution is 6.12. The maximum atomic E-state index is 12.9. The minimum atomic E-state index is -1.80. The number of ether oxygens (including phenoxy) is 2. The highest BCUT2D eigenvalue weighted by Gasteiger charge is 2.27. The molecule has 0 saturated heterocycles. The lowest BCUT2D eigenvalue weighted by atomic mass is 10.1. The van der Waals surface area contributed by atoms with E-state index < -0.39 is 69.6 Å². The van der Waals surface area contributed by atoms with Crippen molar-refractivity contribution in [1.29, 1.82) is 0 Å². The molecule has 6 N–H and O–H groups in total. The fraction of sp³-hybridized carbons (Fsp3) is 0.176. The summed E-state index contributed by atoms with van der Waals surface area (Å²) in [6.07, 6.45) is 0. The van der Waals surface area contributed by atoms with Crippen LogP contribution >= 0.6 is 0 Å². The molecule has 0 fully saturated rings. The Bertz CT molecular complexity index is 2610. The highest BCUT2D eigenvalue weighted by Crippen LogP contribution is 2.29. The van der Waals surface area contributed by atoms with Gasteiger partial charge in [-0.15, -0.1) is 10.2 Å². The van der Waals surface area contributed by atoms with E-state index in [0.717, 1.165) is 38.1 Å². The molecule has 3 aromatic carbocycles. The summed E-state index contributed by atoms with van der Waals surface area (Å²) < 4.78 is 10.4. The van der Waals surface area contributed by atoms with Crippen molar-refractivity contribution in [3.05, 3.63) is 101 Å². The average molecular weight is 801 g/mol. The van der Waals surface area contributed by atoms with Gasteiger partial charge in [0.05, 0.1) is 58.8 Å². The fourth-order valence-electron chi connectivity index (χ4n) is 4.93. The number of carbonyl (C=O) groups excluding carboxylic acids is 6. The van der Waals surface area contributed by atoms with E-state index in [9.17, 15) is 47.9 Å². The molecule has 2 amide bonds. The van der Waals surface area contributed by atoms with Crippen LogP contribution in [0.2, 0.25) is 0 Å². The van der Waals surface area contributed by atoms with Gasteiger partial charge >= 0.3 is 34.2 Å². The second-order valence-corrected chi connectivity index (χ2v) is 11.7. The van der Waals surface area contributed by atoms with Gasteiger partial charge in [0.25, 0.3) is 11.8 Å². The minimum absolute atomic E-state index is 0.00933. The van der Waals surface area contributed by atoms with Crippen LogP contribution in [0.25, 0.3) is 22.1 Å². The number of nitrogens with one attached hydrogen (secondary N) is 6. The number of fused-ring (bicyclic) bond motifs is 2. The summed E-state index contributed by atoms with van der Waals surface area (Å²) in [6.45, 7) is 2.05. The molecule has 2 aromatic heterocycles. The van der Waals surface area contributed by atoms with E-state index in [2.05, 4.69) is 51.4 Å². The third-order valence-corrected chi connectivity index (χ3v) is 7.80. The summed E-state index contributed by atoms with van der Waals surface area (Å²) in [4.78, 5) is 141. The third kappa shape index (κ3) is 9.25. The van der Waals surface area contributed by atoms with Crippen LogP contribution in [0.1, 0.15) is 34.6 Å². The third-order valence-electron chi connectivity index (χ3n) is 7.80. The molecule has 2 heterocycles. The monoisotopic (exact) mass is 800 g/mol. The molecular formula is C34H28N10O14. The number of hydrogen-bond donors (Lipinski definition) is 6. The van der Waals surface area contributed by atoms with Crippen LogP contribution in [0.5, 0.6) is 11.5 Å². The fourth-order valence-corrected chi connectivity index (χ4v) is 4.93. The van der Waals surface area contributed by atoms with Gasteiger partial charge in [0, 0.05) is 22.7 Å². The SMILES string of the molecule is COc1cc2[nH]c(=O)c(=O)[nH]c2cc1NC(=O)C(N=NOC(=O)c1ccc(C(=O)ON=NC(C(C)=O)C(=O)Nc2cc3[nH]c(=O)c(=O)[nH]c3cc2OC)cc1)C(C)=O. The summed E-state index contributed by atoms with van der Waals surface area (Å²) >= 11 is 0. The maximum Gasteiger partial charge on any atom is 0.367 e. The van der Waals surface area contributed by atoms with Crippen LogP contribution < -0.4 is 42.3 Å². The molecule has 0 aliphatic rings. The quantitative estimate of drug-likeness (QED) is 0.0395. The van der Waals surface area contributed by atoms with Crippen molar-refractivity contribution in [3.8, 4) is 11.5 Å². The molecule has 0 bridgehead atoms. The zero-order chi connectivity index (χ0) is 42.3. The summed E-state index contributed by atoms with van der Waals surface area (Å²) in [5.41, 5.74) is -3.43. The van der Waals surface area contributed by atoms with Crippen LogP contribution in [-0.4, -0.2) is 81.6 Å². The molecule has 0 spiro atoms. The largest absolute Gasteiger partial charge is 0.494 e. The Labute approximate surface area is 320 Å². The zero-order valence-electron chi connectivity index (χ0n) is 30.3. The van der Waals surface area contributed by atoms with Gasteiger partial charge < -0.3 is 40.0 Å². The van der Waals surface area contributed by atoms with Gasteiger partial charge in [-0.25, -0.2) is 9.59 Å². The first-order chi connectivity index (χ1) is 27.6. The molecule has 2 atom stereocenters. The normalized spacial score (nSPS) is 12.2. The van der Waals surface area contributed by atoms with Crippen molar-refractivity contribution in [2.24, 2.45) is 20.8 Å². The smallest absolute Gasteiger partial charge is 0.367 e. The molecule has 5 rings (SSSR count). The van der Waals surface area contributed by atoms with Crippen LogP contribution in [-0.2, 0) is 28.9 Å². The Morgan fingerprint density at radius 1 is 0.534 bits per heavy atom. The number of H-pyrrole nitrogens is 4. The first-order valence-electron chi connectivity index (χ1n) is 16.2. The number of aromatic amines is 4. The first kappa shape index (κ1) is 40.7. The second kappa shape index (κ2) is 17.4. The molecule has 0 radical (unpaired) electrons. The van der Waals surface area contributed by atoms with Gasteiger partial charge in [0.15, 0.2) is 11.6 Å². The molecule has 2 unspecified atom stereocenters. The van der Waals surface area contributed by atoms with Crippen molar-refractivity contribution < 1.29 is 47.9 Å². The first-order valence-corrected chi connectivity index (χ1v) is 16.2. The van der Waals surface area contributed by atoms with Crippen LogP contribution in [0.3, 0.4) is 0 Å². The van der Waals surface area contributed by atoms with Gasteiger partial charge in [-0.05, 0) is 50.2 Å². The van der Waals surface area contributed by atoms with Crippen LogP contribution in [0.15, 0.2) is 88.5 Å². The van der Waals surface area contributed by atoms with Crippen molar-refractivity contribution >= 4 is 68.8 Å². The Morgan fingerprint density at radius 2 is 0.845 bits per heavy atom. The minimum Gasteiger partial charge on any atom is -0.494 e. The Balaban J connectivity index is 1.18. The van der Waals surface area contributed by atoms with Gasteiger partial charge in [-0.3, -0.25) is 48.0 Å². The number of Topliss-reactive ketones (excluding diaryl/α,β-unsaturated/α-hetero) is 2. The van der Waals surface area contributed by atoms with Gasteiger partial charge in [-0.1, -0.05) is 0 Å². The molecule has 0 aliphatic heterocycles. The number of nitrogens with zero attached hydrogens (tertiary/aromatic N) is 4. The molecule has 24 heteroatoms. The Morgan fingerprint density at radius 3 is 1.14 bits per heavy atom. The molecule has 0 saturated carbocycles.